The molecule has 0 aliphatic carbocycles. The highest BCUT2D eigenvalue weighted by molar-refractivity contribution is 5.77. The van der Waals surface area contributed by atoms with Gasteiger partial charge in [-0.1, -0.05) is 6.58 Å². The Bertz CT molecular complexity index is 187. The lowest BCUT2D eigenvalue weighted by atomic mass is 10.5. The molecular weight excluding hydrogens is 154 g/mol. The minimum atomic E-state index is 0.000463. The Balaban J connectivity index is 4.02. The molecule has 0 fully saturated rings. The number of nitrogens with zero attached hydrogens (tertiary/aromatic N) is 3. The number of hydrazone groups is 1. The van der Waals surface area contributed by atoms with E-state index >= 15 is 0 Å². The highest BCUT2D eigenvalue weighted by Gasteiger charge is 2.06. The molecule has 0 rings (SSSR count). The van der Waals surface area contributed by atoms with Crippen LogP contribution in [0.2, 0.25) is 0 Å². The Kier molecular flexibility index (Phi) is 4.76. The quantitative estimate of drug-likeness (QED) is 0.454. The van der Waals surface area contributed by atoms with Crippen LogP contribution in [0.4, 0.5) is 0 Å². The number of carbonyl (C=O) groups is 1. The first-order chi connectivity index (χ1) is 5.61. The zero-order valence-corrected chi connectivity index (χ0v) is 7.82. The van der Waals surface area contributed by atoms with Crippen molar-refractivity contribution >= 4 is 12.1 Å². The number of hydrogen-bond acceptors (Lipinski definition) is 3. The molecule has 4 heteroatoms. The standard InChI is InChI=1S/C8H15N3O/c1-5-9-11(6-2)7-8(12)10(3)4/h5-6H,2,7H2,1,3-4H3/b9-5-. The molecule has 4 nitrogen and oxygen atoms in total. The Morgan fingerprint density at radius 1 is 1.58 bits per heavy atom. The van der Waals surface area contributed by atoms with Gasteiger partial charge >= 0.3 is 0 Å². The fourth-order valence-electron chi connectivity index (χ4n) is 0.581. The summed E-state index contributed by atoms with van der Waals surface area (Å²) in [5, 5.41) is 5.40. The van der Waals surface area contributed by atoms with Gasteiger partial charge in [-0.15, -0.1) is 0 Å². The fraction of sp³-hybridized carbons (Fsp3) is 0.500. The predicted octanol–water partition coefficient (Wildman–Crippen LogP) is 0.526. The van der Waals surface area contributed by atoms with Gasteiger partial charge in [0, 0.05) is 26.5 Å². The van der Waals surface area contributed by atoms with Crippen LogP contribution < -0.4 is 0 Å². The maximum Gasteiger partial charge on any atom is 0.243 e. The zero-order valence-electron chi connectivity index (χ0n) is 7.82. The van der Waals surface area contributed by atoms with Gasteiger partial charge < -0.3 is 4.90 Å². The van der Waals surface area contributed by atoms with Crippen molar-refractivity contribution in [2.75, 3.05) is 20.6 Å². The smallest absolute Gasteiger partial charge is 0.243 e. The predicted molar refractivity (Wildman–Crippen MR) is 49.8 cm³/mol. The van der Waals surface area contributed by atoms with Crippen molar-refractivity contribution in [3.63, 3.8) is 0 Å². The second-order valence-electron chi connectivity index (χ2n) is 2.44. The summed E-state index contributed by atoms with van der Waals surface area (Å²) in [7, 11) is 3.42. The lowest BCUT2D eigenvalue weighted by Crippen LogP contribution is -2.31. The Morgan fingerprint density at radius 3 is 2.50 bits per heavy atom. The zero-order chi connectivity index (χ0) is 9.56. The van der Waals surface area contributed by atoms with Gasteiger partial charge in [0.25, 0.3) is 0 Å². The highest BCUT2D eigenvalue weighted by Crippen LogP contribution is 1.90. The minimum Gasteiger partial charge on any atom is -0.347 e. The van der Waals surface area contributed by atoms with Crippen molar-refractivity contribution in [3.05, 3.63) is 12.8 Å². The Morgan fingerprint density at radius 2 is 2.17 bits per heavy atom. The van der Waals surface area contributed by atoms with Crippen LogP contribution in [0, 0.1) is 0 Å². The van der Waals surface area contributed by atoms with E-state index in [1.165, 1.54) is 16.1 Å². The SMILES string of the molecule is C=CN(CC(=O)N(C)C)/N=C\C. The van der Waals surface area contributed by atoms with E-state index in [2.05, 4.69) is 11.7 Å². The summed E-state index contributed by atoms with van der Waals surface area (Å²) in [6.45, 7) is 5.56. The molecule has 0 bridgehead atoms. The van der Waals surface area contributed by atoms with Crippen molar-refractivity contribution in [2.24, 2.45) is 5.10 Å². The van der Waals surface area contributed by atoms with Crippen LogP contribution in [0.1, 0.15) is 6.92 Å². The Hall–Kier alpha value is -1.32. The number of rotatable bonds is 4. The molecule has 12 heavy (non-hydrogen) atoms. The maximum absolute atomic E-state index is 11.1. The maximum atomic E-state index is 11.1. The average molecular weight is 169 g/mol. The van der Waals surface area contributed by atoms with E-state index in [1.807, 2.05) is 0 Å². The first kappa shape index (κ1) is 10.7. The van der Waals surface area contributed by atoms with E-state index in [1.54, 1.807) is 27.2 Å². The summed E-state index contributed by atoms with van der Waals surface area (Å²) in [6, 6.07) is 0. The van der Waals surface area contributed by atoms with Gasteiger partial charge in [0.05, 0.1) is 0 Å². The molecule has 68 valence electrons. The van der Waals surface area contributed by atoms with Gasteiger partial charge in [-0.05, 0) is 6.92 Å². The molecule has 0 saturated heterocycles. The summed E-state index contributed by atoms with van der Waals surface area (Å²) < 4.78 is 0. The molecule has 0 saturated carbocycles. The summed E-state index contributed by atoms with van der Waals surface area (Å²) in [6.07, 6.45) is 3.13. The minimum absolute atomic E-state index is 0.000463. The van der Waals surface area contributed by atoms with Crippen LogP contribution in [-0.2, 0) is 4.79 Å². The molecule has 0 heterocycles. The van der Waals surface area contributed by atoms with Gasteiger partial charge in [0.15, 0.2) is 0 Å². The topological polar surface area (TPSA) is 35.9 Å². The van der Waals surface area contributed by atoms with Crippen LogP contribution in [-0.4, -0.2) is 42.7 Å². The van der Waals surface area contributed by atoms with Crippen LogP contribution >= 0.6 is 0 Å². The average Bonchev–Trinajstić information content (AvgIpc) is 2.03. The molecule has 0 unspecified atom stereocenters. The molecule has 1 amide bonds. The van der Waals surface area contributed by atoms with E-state index < -0.39 is 0 Å². The van der Waals surface area contributed by atoms with E-state index in [0.717, 1.165) is 0 Å². The lowest BCUT2D eigenvalue weighted by Gasteiger charge is -2.16. The highest BCUT2D eigenvalue weighted by atomic mass is 16.2. The third-order valence-corrected chi connectivity index (χ3v) is 1.27. The molecule has 0 aromatic rings. The largest absolute Gasteiger partial charge is 0.347 e. The van der Waals surface area contributed by atoms with Crippen molar-refractivity contribution in [1.29, 1.82) is 0 Å². The lowest BCUT2D eigenvalue weighted by molar-refractivity contribution is -0.129. The van der Waals surface area contributed by atoms with Gasteiger partial charge in [0.2, 0.25) is 5.91 Å². The summed E-state index contributed by atoms with van der Waals surface area (Å²) in [4.78, 5) is 12.7. The van der Waals surface area contributed by atoms with Crippen LogP contribution in [0.15, 0.2) is 17.9 Å². The van der Waals surface area contributed by atoms with E-state index in [4.69, 9.17) is 0 Å². The molecular formula is C8H15N3O. The number of hydrogen-bond donors (Lipinski definition) is 0. The third kappa shape index (κ3) is 3.75. The van der Waals surface area contributed by atoms with E-state index in [9.17, 15) is 4.79 Å². The molecule has 0 aliphatic rings. The fourth-order valence-corrected chi connectivity index (χ4v) is 0.581. The second-order valence-corrected chi connectivity index (χ2v) is 2.44. The van der Waals surface area contributed by atoms with Crippen molar-refractivity contribution < 1.29 is 4.79 Å². The number of amides is 1. The normalized spacial score (nSPS) is 9.92. The Labute approximate surface area is 73.2 Å². The number of carbonyl (C=O) groups excluding carboxylic acids is 1. The first-order valence-electron chi connectivity index (χ1n) is 3.69. The molecule has 0 aromatic heterocycles. The number of likely N-dealkylation sites (N-methyl/N-ethyl adjacent to an activating group) is 1. The van der Waals surface area contributed by atoms with E-state index in [-0.39, 0.29) is 12.5 Å². The second kappa shape index (κ2) is 5.35. The molecule has 0 atom stereocenters. The van der Waals surface area contributed by atoms with Crippen molar-refractivity contribution in [1.82, 2.24) is 9.91 Å². The monoisotopic (exact) mass is 169 g/mol. The summed E-state index contributed by atoms with van der Waals surface area (Å²) >= 11 is 0. The van der Waals surface area contributed by atoms with Gasteiger partial charge in [0.1, 0.15) is 6.54 Å². The molecule has 0 aliphatic heterocycles. The molecule has 0 N–H and O–H groups in total. The van der Waals surface area contributed by atoms with Gasteiger partial charge in [-0.3, -0.25) is 9.80 Å². The van der Waals surface area contributed by atoms with Gasteiger partial charge in [-0.25, -0.2) is 0 Å². The molecule has 0 aromatic carbocycles. The third-order valence-electron chi connectivity index (χ3n) is 1.27. The summed E-state index contributed by atoms with van der Waals surface area (Å²) in [5.41, 5.74) is 0. The molecule has 0 spiro atoms. The van der Waals surface area contributed by atoms with Crippen LogP contribution in [0.3, 0.4) is 0 Å². The van der Waals surface area contributed by atoms with Crippen LogP contribution in [0.25, 0.3) is 0 Å². The first-order valence-corrected chi connectivity index (χ1v) is 3.69. The van der Waals surface area contributed by atoms with Crippen molar-refractivity contribution in [3.8, 4) is 0 Å². The molecule has 0 radical (unpaired) electrons. The summed E-state index contributed by atoms with van der Waals surface area (Å²) in [5.74, 6) is 0.000463. The van der Waals surface area contributed by atoms with E-state index in [0.29, 0.717) is 0 Å². The van der Waals surface area contributed by atoms with Crippen molar-refractivity contribution in [2.45, 2.75) is 6.92 Å². The van der Waals surface area contributed by atoms with Crippen LogP contribution in [0.5, 0.6) is 0 Å². The van der Waals surface area contributed by atoms with Gasteiger partial charge in [-0.2, -0.15) is 5.10 Å².